The summed E-state index contributed by atoms with van der Waals surface area (Å²) in [4.78, 5) is 11.3. The van der Waals surface area contributed by atoms with Gasteiger partial charge in [0.2, 0.25) is 0 Å². The molecule has 1 N–H and O–H groups in total. The molecule has 0 saturated carbocycles. The van der Waals surface area contributed by atoms with Crippen LogP contribution in [-0.2, 0) is 19.0 Å². The molecule has 0 aromatic carbocycles. The maximum Gasteiger partial charge on any atom is 0.323 e. The van der Waals surface area contributed by atoms with Crippen LogP contribution in [0.2, 0.25) is 0 Å². The van der Waals surface area contributed by atoms with E-state index in [-0.39, 0.29) is 12.0 Å². The highest BCUT2D eigenvalue weighted by molar-refractivity contribution is 5.75. The quantitative estimate of drug-likeness (QED) is 0.443. The van der Waals surface area contributed by atoms with Crippen LogP contribution in [0.3, 0.4) is 0 Å². The van der Waals surface area contributed by atoms with E-state index in [0.717, 1.165) is 6.42 Å². The molecule has 5 heteroatoms. The van der Waals surface area contributed by atoms with Gasteiger partial charge in [-0.3, -0.25) is 4.79 Å². The third kappa shape index (κ3) is 7.30. The lowest BCUT2D eigenvalue weighted by atomic mass is 10.2. The highest BCUT2D eigenvalue weighted by atomic mass is 16.6. The van der Waals surface area contributed by atoms with Gasteiger partial charge in [0.05, 0.1) is 19.8 Å². The lowest BCUT2D eigenvalue weighted by molar-refractivity contribution is -0.147. The minimum atomic E-state index is -0.227. The highest BCUT2D eigenvalue weighted by Crippen LogP contribution is 1.93. The van der Waals surface area contributed by atoms with Gasteiger partial charge in [-0.25, -0.2) is 0 Å². The van der Waals surface area contributed by atoms with E-state index in [1.165, 1.54) is 0 Å². The Kier molecular flexibility index (Phi) is 9.46. The van der Waals surface area contributed by atoms with Crippen LogP contribution >= 0.6 is 0 Å². The molecule has 0 bridgehead atoms. The fraction of sp³-hybridized carbons (Fsp3) is 0.900. The molecule has 0 aromatic rings. The van der Waals surface area contributed by atoms with E-state index in [1.54, 1.807) is 14.2 Å². The standard InChI is InChI=1S/C10H21NO4/c1-4-9(11-2)10(12)15-8-7-14-6-5-13-3/h9,11H,4-8H2,1-3H3. The zero-order valence-electron chi connectivity index (χ0n) is 9.75. The number of carbonyl (C=O) groups is 1. The molecular weight excluding hydrogens is 198 g/mol. The van der Waals surface area contributed by atoms with Crippen LogP contribution in [0.15, 0.2) is 0 Å². The smallest absolute Gasteiger partial charge is 0.323 e. The van der Waals surface area contributed by atoms with E-state index in [2.05, 4.69) is 5.32 Å². The number of esters is 1. The van der Waals surface area contributed by atoms with Gasteiger partial charge in [-0.05, 0) is 13.5 Å². The van der Waals surface area contributed by atoms with Crippen LogP contribution in [0.5, 0.6) is 0 Å². The molecule has 0 spiro atoms. The van der Waals surface area contributed by atoms with Crippen LogP contribution in [0.4, 0.5) is 0 Å². The van der Waals surface area contributed by atoms with Gasteiger partial charge in [0, 0.05) is 7.11 Å². The van der Waals surface area contributed by atoms with Crippen molar-refractivity contribution in [1.82, 2.24) is 5.32 Å². The molecule has 5 nitrogen and oxygen atoms in total. The number of hydrogen-bond donors (Lipinski definition) is 1. The van der Waals surface area contributed by atoms with E-state index in [1.807, 2.05) is 6.92 Å². The third-order valence-electron chi connectivity index (χ3n) is 1.95. The molecule has 1 atom stereocenters. The van der Waals surface area contributed by atoms with Gasteiger partial charge >= 0.3 is 5.97 Å². The number of methoxy groups -OCH3 is 1. The highest BCUT2D eigenvalue weighted by Gasteiger charge is 2.14. The van der Waals surface area contributed by atoms with Gasteiger partial charge < -0.3 is 19.5 Å². The van der Waals surface area contributed by atoms with Crippen molar-refractivity contribution in [2.24, 2.45) is 0 Å². The monoisotopic (exact) mass is 219 g/mol. The summed E-state index contributed by atoms with van der Waals surface area (Å²) in [6.45, 7) is 3.72. The number of likely N-dealkylation sites (N-methyl/N-ethyl adjacent to an activating group) is 1. The first-order chi connectivity index (χ1) is 7.26. The average molecular weight is 219 g/mol. The van der Waals surface area contributed by atoms with E-state index >= 15 is 0 Å². The van der Waals surface area contributed by atoms with Gasteiger partial charge in [-0.1, -0.05) is 6.92 Å². The Balaban J connectivity index is 3.38. The zero-order valence-corrected chi connectivity index (χ0v) is 9.75. The molecular formula is C10H21NO4. The predicted molar refractivity (Wildman–Crippen MR) is 56.8 cm³/mol. The maximum atomic E-state index is 11.3. The number of rotatable bonds is 9. The number of nitrogens with one attached hydrogen (secondary N) is 1. The van der Waals surface area contributed by atoms with E-state index in [4.69, 9.17) is 14.2 Å². The molecule has 0 fully saturated rings. The van der Waals surface area contributed by atoms with Crippen molar-refractivity contribution < 1.29 is 19.0 Å². The van der Waals surface area contributed by atoms with Crippen LogP contribution in [0.25, 0.3) is 0 Å². The molecule has 90 valence electrons. The van der Waals surface area contributed by atoms with Crippen molar-refractivity contribution in [3.05, 3.63) is 0 Å². The van der Waals surface area contributed by atoms with Crippen LogP contribution in [0, 0.1) is 0 Å². The predicted octanol–water partition coefficient (Wildman–Crippen LogP) is 0.191. The summed E-state index contributed by atoms with van der Waals surface area (Å²) in [7, 11) is 3.35. The Labute approximate surface area is 91.1 Å². The fourth-order valence-electron chi connectivity index (χ4n) is 1.03. The second-order valence-corrected chi connectivity index (χ2v) is 3.02. The summed E-state index contributed by atoms with van der Waals surface area (Å²) in [5.74, 6) is -0.227. The number of ether oxygens (including phenoxy) is 3. The molecule has 15 heavy (non-hydrogen) atoms. The van der Waals surface area contributed by atoms with Crippen LogP contribution < -0.4 is 5.32 Å². The molecule has 0 heterocycles. The Morgan fingerprint density at radius 2 is 1.93 bits per heavy atom. The third-order valence-corrected chi connectivity index (χ3v) is 1.95. The van der Waals surface area contributed by atoms with Gasteiger partial charge in [0.15, 0.2) is 0 Å². The number of hydrogen-bond acceptors (Lipinski definition) is 5. The van der Waals surface area contributed by atoms with Crippen molar-refractivity contribution in [2.75, 3.05) is 40.6 Å². The minimum absolute atomic E-state index is 0.219. The Morgan fingerprint density at radius 1 is 1.27 bits per heavy atom. The fourth-order valence-corrected chi connectivity index (χ4v) is 1.03. The molecule has 0 saturated heterocycles. The lowest BCUT2D eigenvalue weighted by Crippen LogP contribution is -2.35. The van der Waals surface area contributed by atoms with Crippen molar-refractivity contribution in [3.63, 3.8) is 0 Å². The summed E-state index contributed by atoms with van der Waals surface area (Å²) in [5.41, 5.74) is 0. The minimum Gasteiger partial charge on any atom is -0.462 e. The molecule has 0 aliphatic carbocycles. The molecule has 0 rings (SSSR count). The zero-order chi connectivity index (χ0) is 11.5. The number of carbonyl (C=O) groups excluding carboxylic acids is 1. The lowest BCUT2D eigenvalue weighted by Gasteiger charge is -2.12. The van der Waals surface area contributed by atoms with Gasteiger partial charge in [-0.15, -0.1) is 0 Å². The van der Waals surface area contributed by atoms with Gasteiger partial charge in [0.25, 0.3) is 0 Å². The second-order valence-electron chi connectivity index (χ2n) is 3.02. The van der Waals surface area contributed by atoms with E-state index < -0.39 is 0 Å². The summed E-state index contributed by atoms with van der Waals surface area (Å²) in [6.07, 6.45) is 0.722. The Hall–Kier alpha value is -0.650. The molecule has 0 aromatic heterocycles. The molecule has 0 amide bonds. The summed E-state index contributed by atoms with van der Waals surface area (Å²) < 4.78 is 14.9. The largest absolute Gasteiger partial charge is 0.462 e. The van der Waals surface area contributed by atoms with Crippen LogP contribution in [-0.4, -0.2) is 52.6 Å². The normalized spacial score (nSPS) is 12.5. The topological polar surface area (TPSA) is 56.8 Å². The molecule has 1 unspecified atom stereocenters. The van der Waals surface area contributed by atoms with Crippen LogP contribution in [0.1, 0.15) is 13.3 Å². The average Bonchev–Trinajstić information content (AvgIpc) is 2.25. The summed E-state index contributed by atoms with van der Waals surface area (Å²) in [5, 5.41) is 2.88. The SMILES string of the molecule is CCC(NC)C(=O)OCCOCCOC. The molecule has 0 radical (unpaired) electrons. The summed E-state index contributed by atoms with van der Waals surface area (Å²) in [6, 6.07) is -0.219. The van der Waals surface area contributed by atoms with Crippen molar-refractivity contribution in [3.8, 4) is 0 Å². The van der Waals surface area contributed by atoms with Crippen molar-refractivity contribution >= 4 is 5.97 Å². The maximum absolute atomic E-state index is 11.3. The Morgan fingerprint density at radius 3 is 2.47 bits per heavy atom. The molecule has 0 aliphatic rings. The van der Waals surface area contributed by atoms with Gasteiger partial charge in [-0.2, -0.15) is 0 Å². The van der Waals surface area contributed by atoms with E-state index in [0.29, 0.717) is 26.4 Å². The first-order valence-electron chi connectivity index (χ1n) is 5.16. The molecule has 0 aliphatic heterocycles. The first kappa shape index (κ1) is 14.3. The summed E-state index contributed by atoms with van der Waals surface area (Å²) >= 11 is 0. The van der Waals surface area contributed by atoms with Crippen molar-refractivity contribution in [2.45, 2.75) is 19.4 Å². The first-order valence-corrected chi connectivity index (χ1v) is 5.16. The van der Waals surface area contributed by atoms with E-state index in [9.17, 15) is 4.79 Å². The second kappa shape index (κ2) is 9.89. The van der Waals surface area contributed by atoms with Gasteiger partial charge in [0.1, 0.15) is 12.6 Å². The van der Waals surface area contributed by atoms with Crippen molar-refractivity contribution in [1.29, 1.82) is 0 Å². The Bertz CT molecular complexity index is 160.